The van der Waals surface area contributed by atoms with Crippen LogP contribution in [0.1, 0.15) is 0 Å². The minimum absolute atomic E-state index is 0.949. The maximum Gasteiger partial charge on any atom is 0.203 e. The van der Waals surface area contributed by atoms with Crippen LogP contribution in [-0.2, 0) is 7.05 Å². The number of nitrogens with zero attached hydrogens (tertiary/aromatic N) is 2. The average Bonchev–Trinajstić information content (AvgIpc) is 2.57. The number of aryl methyl sites for hydroxylation is 1. The fourth-order valence-corrected chi connectivity index (χ4v) is 1.87. The van der Waals surface area contributed by atoms with Gasteiger partial charge in [0.05, 0.1) is 11.0 Å². The molecule has 0 aliphatic rings. The number of anilines is 1. The van der Waals surface area contributed by atoms with E-state index < -0.39 is 0 Å². The van der Waals surface area contributed by atoms with Gasteiger partial charge in [0.1, 0.15) is 0 Å². The van der Waals surface area contributed by atoms with Gasteiger partial charge in [-0.15, -0.1) is 0 Å². The Morgan fingerprint density at radius 1 is 1.40 bits per heavy atom. The largest absolute Gasteiger partial charge is 0.355 e. The van der Waals surface area contributed by atoms with E-state index in [-0.39, 0.29) is 0 Å². The number of para-hydroxylation sites is 2. The van der Waals surface area contributed by atoms with E-state index in [9.17, 15) is 0 Å². The summed E-state index contributed by atoms with van der Waals surface area (Å²) in [7, 11) is 2.04. The second-order valence-corrected chi connectivity index (χ2v) is 4.39. The molecular weight excluding hydrogens is 206 g/mol. The monoisotopic (exact) mass is 221 g/mol. The van der Waals surface area contributed by atoms with Crippen molar-refractivity contribution in [3.05, 3.63) is 24.3 Å². The lowest BCUT2D eigenvalue weighted by atomic mass is 10.3. The highest BCUT2D eigenvalue weighted by Gasteiger charge is 2.05. The molecule has 2 aromatic rings. The van der Waals surface area contributed by atoms with Crippen LogP contribution in [0.3, 0.4) is 0 Å². The number of thioether (sulfide) groups is 1. The van der Waals surface area contributed by atoms with Gasteiger partial charge in [-0.05, 0) is 18.4 Å². The van der Waals surface area contributed by atoms with E-state index in [0.29, 0.717) is 0 Å². The van der Waals surface area contributed by atoms with Crippen LogP contribution in [0.15, 0.2) is 24.3 Å². The van der Waals surface area contributed by atoms with Crippen molar-refractivity contribution in [2.45, 2.75) is 0 Å². The zero-order chi connectivity index (χ0) is 10.7. The number of aromatic nitrogens is 2. The standard InChI is InChI=1S/C11H15N3S/c1-14-10-6-4-3-5-9(10)13-11(14)12-7-8-15-2/h3-6H,7-8H2,1-2H3,(H,12,13). The van der Waals surface area contributed by atoms with Gasteiger partial charge in [-0.2, -0.15) is 11.8 Å². The number of rotatable bonds is 4. The quantitative estimate of drug-likeness (QED) is 0.804. The Morgan fingerprint density at radius 2 is 2.20 bits per heavy atom. The van der Waals surface area contributed by atoms with Crippen molar-refractivity contribution in [2.24, 2.45) is 7.05 Å². The van der Waals surface area contributed by atoms with Crippen molar-refractivity contribution in [1.82, 2.24) is 9.55 Å². The molecule has 1 N–H and O–H groups in total. The van der Waals surface area contributed by atoms with Gasteiger partial charge >= 0.3 is 0 Å². The van der Waals surface area contributed by atoms with Crippen LogP contribution in [-0.4, -0.2) is 28.1 Å². The van der Waals surface area contributed by atoms with Crippen molar-refractivity contribution in [2.75, 3.05) is 23.9 Å². The van der Waals surface area contributed by atoms with Crippen molar-refractivity contribution in [3.63, 3.8) is 0 Å². The molecule has 0 fully saturated rings. The first kappa shape index (κ1) is 10.4. The van der Waals surface area contributed by atoms with Gasteiger partial charge in [-0.1, -0.05) is 12.1 Å². The van der Waals surface area contributed by atoms with Gasteiger partial charge in [0.15, 0.2) is 0 Å². The molecule has 1 heterocycles. The van der Waals surface area contributed by atoms with Crippen LogP contribution >= 0.6 is 11.8 Å². The summed E-state index contributed by atoms with van der Waals surface area (Å²) in [5.41, 5.74) is 2.22. The van der Waals surface area contributed by atoms with Crippen LogP contribution < -0.4 is 5.32 Å². The normalized spacial score (nSPS) is 10.8. The molecule has 0 bridgehead atoms. The van der Waals surface area contributed by atoms with Crippen LogP contribution in [0, 0.1) is 0 Å². The first-order chi connectivity index (χ1) is 7.33. The first-order valence-corrected chi connectivity index (χ1v) is 6.36. The topological polar surface area (TPSA) is 29.9 Å². The van der Waals surface area contributed by atoms with Gasteiger partial charge in [0.2, 0.25) is 5.95 Å². The summed E-state index contributed by atoms with van der Waals surface area (Å²) in [5.74, 6) is 2.05. The summed E-state index contributed by atoms with van der Waals surface area (Å²) < 4.78 is 2.09. The Labute approximate surface area is 93.9 Å². The van der Waals surface area contributed by atoms with E-state index in [2.05, 4.69) is 27.2 Å². The summed E-state index contributed by atoms with van der Waals surface area (Å²) in [6, 6.07) is 8.17. The minimum atomic E-state index is 0.949. The molecule has 1 aromatic heterocycles. The van der Waals surface area contributed by atoms with Crippen molar-refractivity contribution in [3.8, 4) is 0 Å². The molecular formula is C11H15N3S. The zero-order valence-electron chi connectivity index (χ0n) is 9.03. The zero-order valence-corrected chi connectivity index (χ0v) is 9.84. The van der Waals surface area contributed by atoms with Crippen LogP contribution in [0.4, 0.5) is 5.95 Å². The molecule has 0 amide bonds. The highest BCUT2D eigenvalue weighted by atomic mass is 32.2. The maximum absolute atomic E-state index is 4.53. The summed E-state index contributed by atoms with van der Waals surface area (Å²) >= 11 is 1.83. The van der Waals surface area contributed by atoms with Crippen LogP contribution in [0.5, 0.6) is 0 Å². The molecule has 0 unspecified atom stereocenters. The molecule has 2 rings (SSSR count). The minimum Gasteiger partial charge on any atom is -0.355 e. The average molecular weight is 221 g/mol. The van der Waals surface area contributed by atoms with E-state index in [1.165, 1.54) is 5.52 Å². The predicted octanol–water partition coefficient (Wildman–Crippen LogP) is 2.35. The molecule has 3 nitrogen and oxygen atoms in total. The smallest absolute Gasteiger partial charge is 0.203 e. The SMILES string of the molecule is CSCCNc1nc2ccccc2n1C. The third kappa shape index (κ3) is 2.09. The van der Waals surface area contributed by atoms with Gasteiger partial charge in [0.25, 0.3) is 0 Å². The van der Waals surface area contributed by atoms with E-state index in [0.717, 1.165) is 23.8 Å². The van der Waals surface area contributed by atoms with E-state index in [1.807, 2.05) is 37.0 Å². The maximum atomic E-state index is 4.53. The van der Waals surface area contributed by atoms with E-state index in [4.69, 9.17) is 0 Å². The summed E-state index contributed by atoms with van der Waals surface area (Å²) in [6.45, 7) is 0.957. The molecule has 80 valence electrons. The van der Waals surface area contributed by atoms with Gasteiger partial charge in [0, 0.05) is 19.3 Å². The number of nitrogens with one attached hydrogen (secondary N) is 1. The van der Waals surface area contributed by atoms with E-state index in [1.54, 1.807) is 0 Å². The molecule has 0 atom stereocenters. The number of hydrogen-bond donors (Lipinski definition) is 1. The highest BCUT2D eigenvalue weighted by Crippen LogP contribution is 2.17. The van der Waals surface area contributed by atoms with Crippen molar-refractivity contribution >= 4 is 28.7 Å². The molecule has 1 aromatic carbocycles. The predicted molar refractivity (Wildman–Crippen MR) is 67.6 cm³/mol. The number of imidazole rings is 1. The molecule has 0 saturated heterocycles. The van der Waals surface area contributed by atoms with Gasteiger partial charge in [-0.25, -0.2) is 4.98 Å². The molecule has 0 aliphatic carbocycles. The third-order valence-corrected chi connectivity index (χ3v) is 2.99. The third-order valence-electron chi connectivity index (χ3n) is 2.38. The lowest BCUT2D eigenvalue weighted by Crippen LogP contribution is -2.08. The Balaban J connectivity index is 2.24. The van der Waals surface area contributed by atoms with Crippen LogP contribution in [0.25, 0.3) is 11.0 Å². The number of fused-ring (bicyclic) bond motifs is 1. The Bertz CT molecular complexity index is 450. The van der Waals surface area contributed by atoms with E-state index >= 15 is 0 Å². The second kappa shape index (κ2) is 4.57. The lowest BCUT2D eigenvalue weighted by Gasteiger charge is -2.04. The molecule has 0 aliphatic heterocycles. The van der Waals surface area contributed by atoms with Crippen molar-refractivity contribution < 1.29 is 0 Å². The molecule has 4 heteroatoms. The highest BCUT2D eigenvalue weighted by molar-refractivity contribution is 7.98. The summed E-state index contributed by atoms with van der Waals surface area (Å²) in [5, 5.41) is 3.33. The number of benzene rings is 1. The van der Waals surface area contributed by atoms with Gasteiger partial charge in [-0.3, -0.25) is 0 Å². The second-order valence-electron chi connectivity index (χ2n) is 3.40. The lowest BCUT2D eigenvalue weighted by molar-refractivity contribution is 0.938. The Kier molecular flexibility index (Phi) is 3.16. The Morgan fingerprint density at radius 3 is 2.93 bits per heavy atom. The first-order valence-electron chi connectivity index (χ1n) is 4.97. The van der Waals surface area contributed by atoms with Crippen LogP contribution in [0.2, 0.25) is 0 Å². The fraction of sp³-hybridized carbons (Fsp3) is 0.364. The Hall–Kier alpha value is -1.16. The summed E-state index contributed by atoms with van der Waals surface area (Å²) in [6.07, 6.45) is 2.11. The molecule has 0 radical (unpaired) electrons. The fourth-order valence-electron chi connectivity index (χ4n) is 1.57. The molecule has 15 heavy (non-hydrogen) atoms. The molecule has 0 spiro atoms. The number of hydrogen-bond acceptors (Lipinski definition) is 3. The van der Waals surface area contributed by atoms with Gasteiger partial charge < -0.3 is 9.88 Å². The van der Waals surface area contributed by atoms with Crippen molar-refractivity contribution in [1.29, 1.82) is 0 Å². The molecule has 0 saturated carbocycles. The summed E-state index contributed by atoms with van der Waals surface area (Å²) in [4.78, 5) is 4.53.